The van der Waals surface area contributed by atoms with E-state index in [0.29, 0.717) is 0 Å². The van der Waals surface area contributed by atoms with Crippen LogP contribution in [0.25, 0.3) is 0 Å². The molecule has 0 aromatic heterocycles. The van der Waals surface area contributed by atoms with Gasteiger partial charge in [0.15, 0.2) is 0 Å². The summed E-state index contributed by atoms with van der Waals surface area (Å²) in [6.45, 7) is 1.54. The van der Waals surface area contributed by atoms with E-state index < -0.39 is 0 Å². The molecule has 0 bridgehead atoms. The van der Waals surface area contributed by atoms with E-state index in [1.165, 1.54) is 0 Å². The molecule has 19 heavy (non-hydrogen) atoms. The van der Waals surface area contributed by atoms with Gasteiger partial charge in [0, 0.05) is 30.3 Å². The summed E-state index contributed by atoms with van der Waals surface area (Å²) in [7, 11) is 1.80. The first-order valence-electron chi connectivity index (χ1n) is 6.27. The molecule has 2 rings (SSSR count). The van der Waals surface area contributed by atoms with Crippen LogP contribution in [0.5, 0.6) is 0 Å². The number of carbonyl (C=O) groups is 1. The number of nitriles is 1. The van der Waals surface area contributed by atoms with Crippen molar-refractivity contribution in [3.05, 3.63) is 28.7 Å². The van der Waals surface area contributed by atoms with Crippen LogP contribution in [-0.2, 0) is 4.79 Å². The molecule has 0 radical (unpaired) electrons. The summed E-state index contributed by atoms with van der Waals surface area (Å²) in [6, 6.07) is 9.62. The molecular formula is C14H16BrN3O. The zero-order valence-corrected chi connectivity index (χ0v) is 12.4. The number of anilines is 1. The third-order valence-corrected chi connectivity index (χ3v) is 3.90. The molecule has 0 spiro atoms. The molecule has 0 saturated carbocycles. The van der Waals surface area contributed by atoms with Crippen molar-refractivity contribution < 1.29 is 4.79 Å². The number of carbonyl (C=O) groups excluding carboxylic acids is 1. The summed E-state index contributed by atoms with van der Waals surface area (Å²) in [5.41, 5.74) is 0.993. The second kappa shape index (κ2) is 6.07. The van der Waals surface area contributed by atoms with Crippen molar-refractivity contribution in [1.29, 1.82) is 5.26 Å². The second-order valence-electron chi connectivity index (χ2n) is 4.66. The highest BCUT2D eigenvalue weighted by molar-refractivity contribution is 9.10. The van der Waals surface area contributed by atoms with Crippen molar-refractivity contribution in [2.24, 2.45) is 0 Å². The standard InChI is InChI=1S/C14H16BrN3O/c1-17-9-2-10-18(13(7-8-16)14(17)19)12-5-3-11(15)4-6-12/h3-6,13H,2,7,9-10H2,1H3. The van der Waals surface area contributed by atoms with Gasteiger partial charge in [0.2, 0.25) is 5.91 Å². The van der Waals surface area contributed by atoms with Gasteiger partial charge in [0.1, 0.15) is 6.04 Å². The number of benzene rings is 1. The molecule has 1 aromatic carbocycles. The fourth-order valence-corrected chi connectivity index (χ4v) is 2.62. The normalized spacial score (nSPS) is 20.1. The van der Waals surface area contributed by atoms with Gasteiger partial charge in [-0.2, -0.15) is 5.26 Å². The zero-order valence-electron chi connectivity index (χ0n) is 10.8. The molecule has 1 heterocycles. The van der Waals surface area contributed by atoms with Gasteiger partial charge in [-0.25, -0.2) is 0 Å². The van der Waals surface area contributed by atoms with Gasteiger partial charge in [0.25, 0.3) is 0 Å². The minimum Gasteiger partial charge on any atom is -0.359 e. The Bertz CT molecular complexity index is 494. The van der Waals surface area contributed by atoms with E-state index in [1.807, 2.05) is 29.2 Å². The van der Waals surface area contributed by atoms with Crippen LogP contribution < -0.4 is 4.90 Å². The van der Waals surface area contributed by atoms with Crippen LogP contribution in [0.4, 0.5) is 5.69 Å². The predicted octanol–water partition coefficient (Wildman–Crippen LogP) is 2.40. The zero-order chi connectivity index (χ0) is 13.8. The highest BCUT2D eigenvalue weighted by Crippen LogP contribution is 2.24. The monoisotopic (exact) mass is 321 g/mol. The fraction of sp³-hybridized carbons (Fsp3) is 0.429. The number of rotatable bonds is 2. The van der Waals surface area contributed by atoms with E-state index in [-0.39, 0.29) is 18.4 Å². The van der Waals surface area contributed by atoms with Crippen molar-refractivity contribution >= 4 is 27.5 Å². The van der Waals surface area contributed by atoms with E-state index in [4.69, 9.17) is 5.26 Å². The van der Waals surface area contributed by atoms with Crippen molar-refractivity contribution in [3.63, 3.8) is 0 Å². The van der Waals surface area contributed by atoms with Gasteiger partial charge in [-0.3, -0.25) is 4.79 Å². The Balaban J connectivity index is 2.32. The van der Waals surface area contributed by atoms with Crippen LogP contribution in [0.2, 0.25) is 0 Å². The maximum atomic E-state index is 12.3. The first-order valence-corrected chi connectivity index (χ1v) is 7.07. The highest BCUT2D eigenvalue weighted by atomic mass is 79.9. The lowest BCUT2D eigenvalue weighted by Crippen LogP contribution is -2.44. The number of hydrogen-bond acceptors (Lipinski definition) is 3. The Hall–Kier alpha value is -1.54. The Morgan fingerprint density at radius 1 is 1.37 bits per heavy atom. The average Bonchev–Trinajstić information content (AvgIpc) is 2.54. The maximum absolute atomic E-state index is 12.3. The van der Waals surface area contributed by atoms with Crippen molar-refractivity contribution in [1.82, 2.24) is 4.90 Å². The van der Waals surface area contributed by atoms with Crippen LogP contribution in [0, 0.1) is 11.3 Å². The smallest absolute Gasteiger partial charge is 0.246 e. The van der Waals surface area contributed by atoms with Gasteiger partial charge < -0.3 is 9.80 Å². The molecule has 0 N–H and O–H groups in total. The van der Waals surface area contributed by atoms with Crippen molar-refractivity contribution in [2.75, 3.05) is 25.0 Å². The summed E-state index contributed by atoms with van der Waals surface area (Å²) in [5, 5.41) is 8.97. The van der Waals surface area contributed by atoms with Crippen LogP contribution in [0.3, 0.4) is 0 Å². The Kier molecular flexibility index (Phi) is 4.43. The summed E-state index contributed by atoms with van der Waals surface area (Å²) in [5.74, 6) is 0.0296. The SMILES string of the molecule is CN1CCCN(c2ccc(Br)cc2)C(CC#N)C1=O. The van der Waals surface area contributed by atoms with E-state index in [9.17, 15) is 4.79 Å². The van der Waals surface area contributed by atoms with Crippen LogP contribution in [-0.4, -0.2) is 37.0 Å². The molecule has 1 fully saturated rings. The summed E-state index contributed by atoms with van der Waals surface area (Å²) < 4.78 is 1.01. The molecule has 0 aliphatic carbocycles. The lowest BCUT2D eigenvalue weighted by atomic mass is 10.1. The molecule has 4 nitrogen and oxygen atoms in total. The first-order chi connectivity index (χ1) is 9.13. The number of likely N-dealkylation sites (N-methyl/N-ethyl adjacent to an activating group) is 1. The lowest BCUT2D eigenvalue weighted by molar-refractivity contribution is -0.130. The highest BCUT2D eigenvalue weighted by Gasteiger charge is 2.30. The number of hydrogen-bond donors (Lipinski definition) is 0. The second-order valence-corrected chi connectivity index (χ2v) is 5.58. The van der Waals surface area contributed by atoms with Gasteiger partial charge >= 0.3 is 0 Å². The molecule has 100 valence electrons. The minimum absolute atomic E-state index is 0.0296. The van der Waals surface area contributed by atoms with Gasteiger partial charge in [-0.1, -0.05) is 15.9 Å². The molecule has 1 aliphatic heterocycles. The van der Waals surface area contributed by atoms with E-state index >= 15 is 0 Å². The van der Waals surface area contributed by atoms with Crippen LogP contribution in [0.15, 0.2) is 28.7 Å². The number of amides is 1. The third-order valence-electron chi connectivity index (χ3n) is 3.37. The molecule has 1 atom stereocenters. The number of halogens is 1. The molecule has 1 saturated heterocycles. The van der Waals surface area contributed by atoms with E-state index in [1.54, 1.807) is 11.9 Å². The fourth-order valence-electron chi connectivity index (χ4n) is 2.36. The molecule has 1 amide bonds. The van der Waals surface area contributed by atoms with E-state index in [0.717, 1.165) is 29.7 Å². The van der Waals surface area contributed by atoms with Gasteiger partial charge in [-0.05, 0) is 30.7 Å². The number of nitrogens with zero attached hydrogens (tertiary/aromatic N) is 3. The van der Waals surface area contributed by atoms with E-state index in [2.05, 4.69) is 22.0 Å². The Morgan fingerprint density at radius 2 is 2.05 bits per heavy atom. The Morgan fingerprint density at radius 3 is 2.68 bits per heavy atom. The molecular weight excluding hydrogens is 306 g/mol. The molecule has 1 aliphatic rings. The topological polar surface area (TPSA) is 47.3 Å². The third kappa shape index (κ3) is 3.07. The first kappa shape index (κ1) is 13.9. The van der Waals surface area contributed by atoms with Gasteiger partial charge in [0.05, 0.1) is 12.5 Å². The van der Waals surface area contributed by atoms with Gasteiger partial charge in [-0.15, -0.1) is 0 Å². The summed E-state index contributed by atoms with van der Waals surface area (Å²) in [4.78, 5) is 16.1. The molecule has 5 heteroatoms. The molecule has 1 aromatic rings. The predicted molar refractivity (Wildman–Crippen MR) is 77.8 cm³/mol. The summed E-state index contributed by atoms with van der Waals surface area (Å²) in [6.07, 6.45) is 1.14. The Labute approximate surface area is 121 Å². The van der Waals surface area contributed by atoms with Crippen molar-refractivity contribution in [2.45, 2.75) is 18.9 Å². The van der Waals surface area contributed by atoms with Crippen molar-refractivity contribution in [3.8, 4) is 6.07 Å². The maximum Gasteiger partial charge on any atom is 0.246 e. The summed E-state index contributed by atoms with van der Waals surface area (Å²) >= 11 is 3.41. The van der Waals surface area contributed by atoms with Crippen LogP contribution in [0.1, 0.15) is 12.8 Å². The minimum atomic E-state index is -0.376. The van der Waals surface area contributed by atoms with Crippen LogP contribution >= 0.6 is 15.9 Å². The molecule has 1 unspecified atom stereocenters. The lowest BCUT2D eigenvalue weighted by Gasteiger charge is -2.30. The largest absolute Gasteiger partial charge is 0.359 e. The average molecular weight is 322 g/mol. The quantitative estimate of drug-likeness (QED) is 0.840.